The Morgan fingerprint density at radius 3 is 2.65 bits per heavy atom. The quantitative estimate of drug-likeness (QED) is 0.672. The number of ether oxygens (including phenoxy) is 1. The summed E-state index contributed by atoms with van der Waals surface area (Å²) in [6.07, 6.45) is 0. The maximum Gasteiger partial charge on any atom is 0.182 e. The zero-order valence-corrected chi connectivity index (χ0v) is 12.8. The van der Waals surface area contributed by atoms with E-state index in [1.54, 1.807) is 7.11 Å². The lowest BCUT2D eigenvalue weighted by molar-refractivity contribution is 0.415. The third-order valence-electron chi connectivity index (χ3n) is 3.04. The smallest absolute Gasteiger partial charge is 0.182 e. The molecule has 0 aliphatic rings. The van der Waals surface area contributed by atoms with E-state index >= 15 is 0 Å². The van der Waals surface area contributed by atoms with Gasteiger partial charge in [0, 0.05) is 5.02 Å². The van der Waals surface area contributed by atoms with Crippen molar-refractivity contribution < 1.29 is 4.74 Å². The number of imidazole rings is 1. The van der Waals surface area contributed by atoms with Crippen LogP contribution in [-0.2, 0) is 0 Å². The number of methoxy groups -OCH3 is 1. The maximum atomic E-state index is 6.17. The van der Waals surface area contributed by atoms with Crippen LogP contribution >= 0.6 is 35.4 Å². The number of fused-ring (bicyclic) bond motifs is 1. The number of nitrogens with zero attached hydrogens (tertiary/aromatic N) is 1. The molecule has 0 amide bonds. The van der Waals surface area contributed by atoms with Gasteiger partial charge in [-0.1, -0.05) is 23.2 Å². The molecule has 0 unspecified atom stereocenters. The summed E-state index contributed by atoms with van der Waals surface area (Å²) in [5.74, 6) is 0.625. The second-order valence-electron chi connectivity index (χ2n) is 4.25. The van der Waals surface area contributed by atoms with Crippen LogP contribution in [0.2, 0.25) is 10.0 Å². The Bertz CT molecular complexity index is 854. The normalized spacial score (nSPS) is 10.9. The van der Waals surface area contributed by atoms with E-state index in [1.807, 2.05) is 41.0 Å². The Labute approximate surface area is 130 Å². The molecule has 1 heterocycles. The van der Waals surface area contributed by atoms with Crippen molar-refractivity contribution in [1.82, 2.24) is 9.55 Å². The van der Waals surface area contributed by atoms with E-state index in [2.05, 4.69) is 4.98 Å². The highest BCUT2D eigenvalue weighted by atomic mass is 35.5. The van der Waals surface area contributed by atoms with Gasteiger partial charge in [0.1, 0.15) is 5.75 Å². The fourth-order valence-corrected chi connectivity index (χ4v) is 2.86. The van der Waals surface area contributed by atoms with Gasteiger partial charge in [0.2, 0.25) is 0 Å². The summed E-state index contributed by atoms with van der Waals surface area (Å²) in [6.45, 7) is 0. The molecule has 2 aromatic carbocycles. The average molecular weight is 325 g/mol. The van der Waals surface area contributed by atoms with Gasteiger partial charge in [0.05, 0.1) is 28.9 Å². The van der Waals surface area contributed by atoms with Gasteiger partial charge in [-0.25, -0.2) is 0 Å². The number of aromatic nitrogens is 2. The molecule has 3 nitrogen and oxygen atoms in total. The molecule has 3 aromatic rings. The topological polar surface area (TPSA) is 29.9 Å². The van der Waals surface area contributed by atoms with Crippen LogP contribution in [0.3, 0.4) is 0 Å². The summed E-state index contributed by atoms with van der Waals surface area (Å²) >= 11 is 17.6. The molecule has 1 aromatic heterocycles. The minimum Gasteiger partial charge on any atom is -0.495 e. The third-order valence-corrected chi connectivity index (χ3v) is 3.85. The van der Waals surface area contributed by atoms with Gasteiger partial charge in [-0.3, -0.25) is 4.57 Å². The van der Waals surface area contributed by atoms with Gasteiger partial charge < -0.3 is 9.72 Å². The molecule has 102 valence electrons. The number of halogens is 2. The van der Waals surface area contributed by atoms with E-state index in [-0.39, 0.29) is 0 Å². The molecule has 0 radical (unpaired) electrons. The van der Waals surface area contributed by atoms with E-state index in [0.717, 1.165) is 16.7 Å². The van der Waals surface area contributed by atoms with Crippen molar-refractivity contribution in [3.05, 3.63) is 51.2 Å². The molecule has 0 fully saturated rings. The Hall–Kier alpha value is -1.49. The number of hydrogen-bond donors (Lipinski definition) is 1. The van der Waals surface area contributed by atoms with Gasteiger partial charge in [-0.05, 0) is 48.6 Å². The molecular weight excluding hydrogens is 315 g/mol. The average Bonchev–Trinajstić information content (AvgIpc) is 2.74. The van der Waals surface area contributed by atoms with Crippen LogP contribution in [0.25, 0.3) is 16.7 Å². The van der Waals surface area contributed by atoms with E-state index in [1.165, 1.54) is 0 Å². The van der Waals surface area contributed by atoms with E-state index in [0.29, 0.717) is 20.6 Å². The van der Waals surface area contributed by atoms with Gasteiger partial charge in [0.25, 0.3) is 0 Å². The minimum absolute atomic E-state index is 0.531. The first kappa shape index (κ1) is 13.5. The SMILES string of the molecule is COc1ccc(-n2c(=S)[nH]c3ccc(Cl)cc32)cc1Cl. The second kappa shape index (κ2) is 5.13. The minimum atomic E-state index is 0.531. The van der Waals surface area contributed by atoms with Gasteiger partial charge in [0.15, 0.2) is 4.77 Å². The van der Waals surface area contributed by atoms with Gasteiger partial charge in [-0.15, -0.1) is 0 Å². The summed E-state index contributed by atoms with van der Waals surface area (Å²) in [5.41, 5.74) is 2.68. The Balaban J connectivity index is 2.28. The lowest BCUT2D eigenvalue weighted by atomic mass is 10.2. The number of H-pyrrole nitrogens is 1. The molecule has 0 saturated carbocycles. The lowest BCUT2D eigenvalue weighted by Crippen LogP contribution is -1.95. The number of aromatic amines is 1. The van der Waals surface area contributed by atoms with Crippen molar-refractivity contribution in [2.24, 2.45) is 0 Å². The van der Waals surface area contributed by atoms with Crippen LogP contribution in [0.15, 0.2) is 36.4 Å². The zero-order chi connectivity index (χ0) is 14.3. The zero-order valence-electron chi connectivity index (χ0n) is 10.5. The molecule has 0 aliphatic heterocycles. The largest absolute Gasteiger partial charge is 0.495 e. The van der Waals surface area contributed by atoms with Crippen molar-refractivity contribution in [1.29, 1.82) is 0 Å². The van der Waals surface area contributed by atoms with Crippen molar-refractivity contribution in [3.63, 3.8) is 0 Å². The van der Waals surface area contributed by atoms with E-state index in [9.17, 15) is 0 Å². The first-order valence-electron chi connectivity index (χ1n) is 5.84. The van der Waals surface area contributed by atoms with Crippen molar-refractivity contribution in [3.8, 4) is 11.4 Å². The number of nitrogens with one attached hydrogen (secondary N) is 1. The first-order valence-corrected chi connectivity index (χ1v) is 7.01. The summed E-state index contributed by atoms with van der Waals surface area (Å²) in [5, 5.41) is 1.18. The fraction of sp³-hybridized carbons (Fsp3) is 0.0714. The molecule has 3 rings (SSSR count). The summed E-state index contributed by atoms with van der Waals surface area (Å²) in [4.78, 5) is 3.15. The first-order chi connectivity index (χ1) is 9.60. The molecule has 20 heavy (non-hydrogen) atoms. The number of hydrogen-bond acceptors (Lipinski definition) is 2. The van der Waals surface area contributed by atoms with Crippen LogP contribution in [-0.4, -0.2) is 16.7 Å². The predicted octanol–water partition coefficient (Wildman–Crippen LogP) is 5.00. The van der Waals surface area contributed by atoms with Crippen LogP contribution in [0.4, 0.5) is 0 Å². The van der Waals surface area contributed by atoms with E-state index in [4.69, 9.17) is 40.2 Å². The van der Waals surface area contributed by atoms with Crippen molar-refractivity contribution >= 4 is 46.5 Å². The summed E-state index contributed by atoms with van der Waals surface area (Å²) in [6, 6.07) is 11.1. The fourth-order valence-electron chi connectivity index (χ4n) is 2.13. The molecule has 6 heteroatoms. The van der Waals surface area contributed by atoms with Crippen LogP contribution < -0.4 is 4.74 Å². The van der Waals surface area contributed by atoms with Crippen molar-refractivity contribution in [2.45, 2.75) is 0 Å². The third kappa shape index (κ3) is 2.20. The predicted molar refractivity (Wildman–Crippen MR) is 85.0 cm³/mol. The highest BCUT2D eigenvalue weighted by molar-refractivity contribution is 7.71. The van der Waals surface area contributed by atoms with E-state index < -0.39 is 0 Å². The van der Waals surface area contributed by atoms with Crippen LogP contribution in [0.5, 0.6) is 5.75 Å². The van der Waals surface area contributed by atoms with Gasteiger partial charge in [-0.2, -0.15) is 0 Å². The van der Waals surface area contributed by atoms with Crippen LogP contribution in [0.1, 0.15) is 0 Å². The summed E-state index contributed by atoms with van der Waals surface area (Å²) in [7, 11) is 1.58. The number of rotatable bonds is 2. The number of benzene rings is 2. The maximum absolute atomic E-state index is 6.17. The second-order valence-corrected chi connectivity index (χ2v) is 5.48. The Morgan fingerprint density at radius 2 is 1.95 bits per heavy atom. The Morgan fingerprint density at radius 1 is 1.15 bits per heavy atom. The highest BCUT2D eigenvalue weighted by Crippen LogP contribution is 2.29. The molecule has 0 atom stereocenters. The molecule has 0 saturated heterocycles. The molecule has 1 N–H and O–H groups in total. The molecule has 0 aliphatic carbocycles. The van der Waals surface area contributed by atoms with Crippen LogP contribution in [0, 0.1) is 4.77 Å². The summed E-state index contributed by atoms with van der Waals surface area (Å²) < 4.78 is 7.64. The standard InChI is InChI=1S/C14H10Cl2N2OS/c1-19-13-5-3-9(7-10(13)16)18-12-6-8(15)2-4-11(12)17-14(18)20/h2-7H,1H3,(H,17,20). The molecular formula is C14H10Cl2N2OS. The molecule has 0 spiro atoms. The molecule has 0 bridgehead atoms. The van der Waals surface area contributed by atoms with Gasteiger partial charge >= 0.3 is 0 Å². The highest BCUT2D eigenvalue weighted by Gasteiger charge is 2.09. The lowest BCUT2D eigenvalue weighted by Gasteiger charge is -2.08. The van der Waals surface area contributed by atoms with Crippen molar-refractivity contribution in [2.75, 3.05) is 7.11 Å². The monoisotopic (exact) mass is 324 g/mol. The Kier molecular flexibility index (Phi) is 3.46.